The van der Waals surface area contributed by atoms with Crippen LogP contribution in [0, 0.1) is 0 Å². The van der Waals surface area contributed by atoms with Gasteiger partial charge in [-0.15, -0.1) is 0 Å². The van der Waals surface area contributed by atoms with Crippen molar-refractivity contribution >= 4 is 5.69 Å². The molecule has 0 amide bonds. The molecular weight excluding hydrogens is 230 g/mol. The van der Waals surface area contributed by atoms with Crippen molar-refractivity contribution in [3.05, 3.63) is 24.0 Å². The average Bonchev–Trinajstić information content (AvgIpc) is 2.88. The fourth-order valence-corrected chi connectivity index (χ4v) is 2.67. The molecule has 0 unspecified atom stereocenters. The quantitative estimate of drug-likeness (QED) is 0.843. The van der Waals surface area contributed by atoms with Gasteiger partial charge in [0.15, 0.2) is 5.79 Å². The number of nitrogens with two attached hydrogens (primary N) is 1. The van der Waals surface area contributed by atoms with Crippen LogP contribution in [0.1, 0.15) is 18.5 Å². The highest BCUT2D eigenvalue weighted by molar-refractivity contribution is 5.47. The van der Waals surface area contributed by atoms with Gasteiger partial charge in [-0.25, -0.2) is 0 Å². The van der Waals surface area contributed by atoms with Gasteiger partial charge >= 0.3 is 0 Å². The van der Waals surface area contributed by atoms with Gasteiger partial charge < -0.3 is 20.1 Å². The van der Waals surface area contributed by atoms with Crippen molar-refractivity contribution < 1.29 is 9.47 Å². The number of hydrogen-bond acceptors (Lipinski definition) is 5. The zero-order chi connectivity index (χ0) is 12.4. The molecule has 3 heterocycles. The summed E-state index contributed by atoms with van der Waals surface area (Å²) < 4.78 is 11.5. The van der Waals surface area contributed by atoms with Crippen LogP contribution in [0.25, 0.3) is 0 Å². The van der Waals surface area contributed by atoms with Crippen LogP contribution in [0.4, 0.5) is 5.69 Å². The van der Waals surface area contributed by atoms with E-state index < -0.39 is 0 Å². The van der Waals surface area contributed by atoms with E-state index in [-0.39, 0.29) is 5.79 Å². The van der Waals surface area contributed by atoms with Crippen molar-refractivity contribution in [2.24, 2.45) is 5.73 Å². The Morgan fingerprint density at radius 3 is 2.67 bits per heavy atom. The summed E-state index contributed by atoms with van der Waals surface area (Å²) in [7, 11) is 0. The second kappa shape index (κ2) is 4.84. The molecule has 2 aliphatic heterocycles. The highest BCUT2D eigenvalue weighted by atomic mass is 16.7. The molecule has 0 saturated carbocycles. The smallest absolute Gasteiger partial charge is 0.171 e. The Balaban J connectivity index is 1.68. The summed E-state index contributed by atoms with van der Waals surface area (Å²) in [6.07, 6.45) is 3.67. The summed E-state index contributed by atoms with van der Waals surface area (Å²) in [4.78, 5) is 6.57. The van der Waals surface area contributed by atoms with E-state index in [4.69, 9.17) is 15.2 Å². The van der Waals surface area contributed by atoms with Crippen LogP contribution < -0.4 is 10.6 Å². The van der Waals surface area contributed by atoms with Crippen LogP contribution in [0.3, 0.4) is 0 Å². The third kappa shape index (κ3) is 2.21. The van der Waals surface area contributed by atoms with E-state index in [2.05, 4.69) is 16.0 Å². The first-order valence-corrected chi connectivity index (χ1v) is 6.49. The molecule has 0 aliphatic carbocycles. The van der Waals surface area contributed by atoms with Crippen molar-refractivity contribution in [3.63, 3.8) is 0 Å². The zero-order valence-electron chi connectivity index (χ0n) is 10.5. The number of nitrogens with zero attached hydrogens (tertiary/aromatic N) is 2. The molecule has 1 spiro atoms. The topological polar surface area (TPSA) is 60.6 Å². The van der Waals surface area contributed by atoms with Crippen molar-refractivity contribution in [1.82, 2.24) is 4.98 Å². The molecule has 1 aromatic rings. The van der Waals surface area contributed by atoms with Gasteiger partial charge in [0.2, 0.25) is 0 Å². The third-order valence-corrected chi connectivity index (χ3v) is 3.71. The molecule has 2 N–H and O–H groups in total. The lowest BCUT2D eigenvalue weighted by Gasteiger charge is -2.38. The molecule has 5 nitrogen and oxygen atoms in total. The van der Waals surface area contributed by atoms with Crippen molar-refractivity contribution in [2.75, 3.05) is 31.2 Å². The molecule has 3 rings (SSSR count). The standard InChI is InChI=1S/C13H19N3O2/c14-10-11-9-12(1-4-15-11)16-5-2-13(3-6-16)17-7-8-18-13/h1,4,9H,2-3,5-8,10,14H2. The van der Waals surface area contributed by atoms with E-state index >= 15 is 0 Å². The molecule has 0 aromatic carbocycles. The first kappa shape index (κ1) is 11.9. The summed E-state index contributed by atoms with van der Waals surface area (Å²) in [5.41, 5.74) is 7.75. The molecule has 5 heteroatoms. The number of anilines is 1. The number of piperidine rings is 1. The molecule has 98 valence electrons. The zero-order valence-corrected chi connectivity index (χ0v) is 10.5. The summed E-state index contributed by atoms with van der Waals surface area (Å²) in [6.45, 7) is 3.85. The number of ether oxygens (including phenoxy) is 2. The fraction of sp³-hybridized carbons (Fsp3) is 0.615. The van der Waals surface area contributed by atoms with Gasteiger partial charge in [-0.05, 0) is 12.1 Å². The van der Waals surface area contributed by atoms with E-state index in [1.54, 1.807) is 0 Å². The maximum Gasteiger partial charge on any atom is 0.171 e. The summed E-state index contributed by atoms with van der Waals surface area (Å²) >= 11 is 0. The minimum Gasteiger partial charge on any atom is -0.371 e. The minimum absolute atomic E-state index is 0.305. The highest BCUT2D eigenvalue weighted by Gasteiger charge is 2.39. The first-order chi connectivity index (χ1) is 8.81. The van der Waals surface area contributed by atoms with Crippen LogP contribution in [0.2, 0.25) is 0 Å². The molecule has 2 aliphatic rings. The van der Waals surface area contributed by atoms with E-state index in [1.165, 1.54) is 5.69 Å². The second-order valence-corrected chi connectivity index (χ2v) is 4.80. The lowest BCUT2D eigenvalue weighted by atomic mass is 10.0. The van der Waals surface area contributed by atoms with E-state index in [0.717, 1.165) is 44.8 Å². The molecule has 18 heavy (non-hydrogen) atoms. The van der Waals surface area contributed by atoms with Gasteiger partial charge in [0.25, 0.3) is 0 Å². The fourth-order valence-electron chi connectivity index (χ4n) is 2.67. The van der Waals surface area contributed by atoms with E-state index in [9.17, 15) is 0 Å². The van der Waals surface area contributed by atoms with Crippen LogP contribution in [0.5, 0.6) is 0 Å². The number of rotatable bonds is 2. The van der Waals surface area contributed by atoms with Gasteiger partial charge in [0.05, 0.1) is 18.9 Å². The minimum atomic E-state index is -0.305. The van der Waals surface area contributed by atoms with Crippen LogP contribution in [-0.4, -0.2) is 37.1 Å². The third-order valence-electron chi connectivity index (χ3n) is 3.71. The van der Waals surface area contributed by atoms with Crippen LogP contribution in [-0.2, 0) is 16.0 Å². The van der Waals surface area contributed by atoms with Gasteiger partial charge in [0.1, 0.15) is 0 Å². The van der Waals surface area contributed by atoms with Gasteiger partial charge in [0, 0.05) is 44.4 Å². The Labute approximate surface area is 107 Å². The molecule has 2 saturated heterocycles. The number of aromatic nitrogens is 1. The molecule has 0 bridgehead atoms. The maximum absolute atomic E-state index is 5.73. The van der Waals surface area contributed by atoms with Gasteiger partial charge in [-0.2, -0.15) is 0 Å². The van der Waals surface area contributed by atoms with Crippen LogP contribution in [0.15, 0.2) is 18.3 Å². The SMILES string of the molecule is NCc1cc(N2CCC3(CC2)OCCO3)ccn1. The lowest BCUT2D eigenvalue weighted by Crippen LogP contribution is -2.45. The normalized spacial score (nSPS) is 22.6. The Morgan fingerprint density at radius 2 is 2.00 bits per heavy atom. The summed E-state index contributed by atoms with van der Waals surface area (Å²) in [5.74, 6) is -0.305. The van der Waals surface area contributed by atoms with Crippen molar-refractivity contribution in [3.8, 4) is 0 Å². The largest absolute Gasteiger partial charge is 0.371 e. The molecule has 2 fully saturated rings. The Kier molecular flexibility index (Phi) is 3.20. The van der Waals surface area contributed by atoms with Crippen LogP contribution >= 0.6 is 0 Å². The molecule has 1 aromatic heterocycles. The van der Waals surface area contributed by atoms with E-state index in [0.29, 0.717) is 6.54 Å². The average molecular weight is 249 g/mol. The Hall–Kier alpha value is -1.17. The van der Waals surface area contributed by atoms with Gasteiger partial charge in [-0.3, -0.25) is 4.98 Å². The van der Waals surface area contributed by atoms with Crippen molar-refractivity contribution in [1.29, 1.82) is 0 Å². The van der Waals surface area contributed by atoms with Crippen molar-refractivity contribution in [2.45, 2.75) is 25.2 Å². The lowest BCUT2D eigenvalue weighted by molar-refractivity contribution is -0.169. The van der Waals surface area contributed by atoms with E-state index in [1.807, 2.05) is 12.3 Å². The summed E-state index contributed by atoms with van der Waals surface area (Å²) in [5, 5.41) is 0. The Bertz CT molecular complexity index is 408. The number of hydrogen-bond donors (Lipinski definition) is 1. The molecule has 0 atom stereocenters. The maximum atomic E-state index is 5.73. The first-order valence-electron chi connectivity index (χ1n) is 6.49. The number of pyridine rings is 1. The highest BCUT2D eigenvalue weighted by Crippen LogP contribution is 2.33. The van der Waals surface area contributed by atoms with Gasteiger partial charge in [-0.1, -0.05) is 0 Å². The molecular formula is C13H19N3O2. The predicted octanol–water partition coefficient (Wildman–Crippen LogP) is 0.884. The second-order valence-electron chi connectivity index (χ2n) is 4.80. The summed E-state index contributed by atoms with van der Waals surface area (Å²) in [6, 6.07) is 4.10. The monoisotopic (exact) mass is 249 g/mol. The molecule has 0 radical (unpaired) electrons. The Morgan fingerprint density at radius 1 is 1.28 bits per heavy atom. The predicted molar refractivity (Wildman–Crippen MR) is 68.2 cm³/mol.